The molecule has 11 heteroatoms. The van der Waals surface area contributed by atoms with E-state index in [9.17, 15) is 19.7 Å². The van der Waals surface area contributed by atoms with Gasteiger partial charge in [0.05, 0.1) is 49.2 Å². The molecule has 3 aromatic heterocycles. The lowest BCUT2D eigenvalue weighted by atomic mass is 10.00. The van der Waals surface area contributed by atoms with Crippen LogP contribution in [0.1, 0.15) is 42.4 Å². The monoisotopic (exact) mass is 533 g/mol. The molecular formula is C28H29N4O7+. The van der Waals surface area contributed by atoms with Crippen molar-refractivity contribution in [3.05, 3.63) is 91.4 Å². The van der Waals surface area contributed by atoms with Crippen molar-refractivity contribution >= 4 is 22.8 Å². The van der Waals surface area contributed by atoms with Gasteiger partial charge in [0.2, 0.25) is 0 Å². The number of esters is 1. The van der Waals surface area contributed by atoms with Gasteiger partial charge in [-0.15, -0.1) is 0 Å². The second kappa shape index (κ2) is 10.1. The lowest BCUT2D eigenvalue weighted by molar-refractivity contribution is -0.924. The Hall–Kier alpha value is -4.35. The van der Waals surface area contributed by atoms with Crippen LogP contribution < -0.4 is 5.56 Å². The molecule has 2 aliphatic heterocycles. The van der Waals surface area contributed by atoms with Crippen LogP contribution >= 0.6 is 0 Å². The number of pyridine rings is 2. The summed E-state index contributed by atoms with van der Waals surface area (Å²) in [7, 11) is 3.68. The molecule has 1 unspecified atom stereocenters. The van der Waals surface area contributed by atoms with Crippen LogP contribution in [0.25, 0.3) is 22.3 Å². The minimum atomic E-state index is -1.09. The van der Waals surface area contributed by atoms with Crippen molar-refractivity contribution in [3.8, 4) is 11.4 Å². The number of aromatic nitrogens is 2. The zero-order valence-corrected chi connectivity index (χ0v) is 22.2. The van der Waals surface area contributed by atoms with Gasteiger partial charge in [-0.3, -0.25) is 19.4 Å². The first-order chi connectivity index (χ1) is 18.7. The van der Waals surface area contributed by atoms with Gasteiger partial charge in [0.25, 0.3) is 5.56 Å². The summed E-state index contributed by atoms with van der Waals surface area (Å²) < 4.78 is 18.5. The van der Waals surface area contributed by atoms with Crippen molar-refractivity contribution in [2.45, 2.75) is 39.6 Å². The molecule has 2 aliphatic rings. The Bertz CT molecular complexity index is 1650. The van der Waals surface area contributed by atoms with Crippen LogP contribution in [0.4, 0.5) is 5.88 Å². The number of fused-ring (bicyclic) bond motifs is 5. The van der Waals surface area contributed by atoms with Crippen molar-refractivity contribution in [2.75, 3.05) is 20.8 Å². The normalized spacial score (nSPS) is 15.6. The van der Waals surface area contributed by atoms with Crippen molar-refractivity contribution in [1.82, 2.24) is 9.55 Å². The highest BCUT2D eigenvalue weighted by molar-refractivity contribution is 5.85. The average molecular weight is 534 g/mol. The number of carbonyl (C=O) groups excluding carboxylic acids is 1. The van der Waals surface area contributed by atoms with Crippen molar-refractivity contribution in [2.24, 2.45) is 0 Å². The number of hydrogen-bond donors (Lipinski definition) is 0. The maximum Gasteiger partial charge on any atom is 0.433 e. The Kier molecular flexibility index (Phi) is 6.79. The number of para-hydroxylation sites is 1. The van der Waals surface area contributed by atoms with Gasteiger partial charge in [-0.2, -0.15) is 0 Å². The molecule has 1 atom stereocenters. The predicted octanol–water partition coefficient (Wildman–Crippen LogP) is 4.30. The van der Waals surface area contributed by atoms with Crippen molar-refractivity contribution in [1.29, 1.82) is 0 Å². The molecule has 0 bridgehead atoms. The number of furan rings is 1. The fourth-order valence-corrected chi connectivity index (χ4v) is 4.91. The fourth-order valence-electron chi connectivity index (χ4n) is 4.91. The molecule has 0 N–H and O–H groups in total. The second-order valence-electron chi connectivity index (χ2n) is 9.92. The highest BCUT2D eigenvalue weighted by Gasteiger charge is 2.37. The number of benzene rings is 1. The molecule has 11 nitrogen and oxygen atoms in total. The summed E-state index contributed by atoms with van der Waals surface area (Å²) in [5, 5.41) is 11.9. The van der Waals surface area contributed by atoms with E-state index in [1.165, 1.54) is 6.07 Å². The largest absolute Gasteiger partial charge is 0.458 e. The predicted molar refractivity (Wildman–Crippen MR) is 142 cm³/mol. The Morgan fingerprint density at radius 2 is 1.92 bits per heavy atom. The maximum absolute atomic E-state index is 13.4. The SMILES string of the molecule is CC.C[N+](C)(COC1C(=O)OCc2c1cc1n(c2=O)Cc2cc3ccccc3nc2-1)Cc1ccc([N+](=O)[O-])o1. The van der Waals surface area contributed by atoms with Crippen LogP contribution in [0.3, 0.4) is 0 Å². The minimum absolute atomic E-state index is 0.0611. The first-order valence-electron chi connectivity index (χ1n) is 12.7. The zero-order valence-electron chi connectivity index (χ0n) is 22.2. The number of hydrogen-bond acceptors (Lipinski definition) is 8. The lowest BCUT2D eigenvalue weighted by Gasteiger charge is -2.31. The van der Waals surface area contributed by atoms with E-state index in [4.69, 9.17) is 18.9 Å². The van der Waals surface area contributed by atoms with Crippen LogP contribution in [0.2, 0.25) is 0 Å². The van der Waals surface area contributed by atoms with E-state index in [0.717, 1.165) is 16.5 Å². The number of carbonyl (C=O) groups is 1. The van der Waals surface area contributed by atoms with E-state index in [2.05, 4.69) is 0 Å². The van der Waals surface area contributed by atoms with Gasteiger partial charge in [-0.05, 0) is 24.3 Å². The molecule has 202 valence electrons. The summed E-state index contributed by atoms with van der Waals surface area (Å²) in [6.07, 6.45) is -1.09. The number of nitro groups is 1. The van der Waals surface area contributed by atoms with Gasteiger partial charge in [-0.1, -0.05) is 32.0 Å². The van der Waals surface area contributed by atoms with Gasteiger partial charge in [-0.25, -0.2) is 9.78 Å². The number of quaternary nitrogens is 1. The van der Waals surface area contributed by atoms with E-state index in [1.54, 1.807) is 10.6 Å². The highest BCUT2D eigenvalue weighted by atomic mass is 16.6. The Morgan fingerprint density at radius 3 is 2.67 bits per heavy atom. The van der Waals surface area contributed by atoms with E-state index < -0.39 is 17.0 Å². The molecule has 0 radical (unpaired) electrons. The third-order valence-electron chi connectivity index (χ3n) is 6.67. The molecule has 5 heterocycles. The van der Waals surface area contributed by atoms with Crippen LogP contribution in [-0.2, 0) is 34.0 Å². The smallest absolute Gasteiger partial charge is 0.433 e. The molecule has 1 aromatic carbocycles. The Morgan fingerprint density at radius 1 is 1.15 bits per heavy atom. The van der Waals surface area contributed by atoms with E-state index in [-0.39, 0.29) is 29.3 Å². The topological polar surface area (TPSA) is 127 Å². The molecule has 0 saturated heterocycles. The average Bonchev–Trinajstić information content (AvgIpc) is 3.52. The Labute approximate surface area is 223 Å². The summed E-state index contributed by atoms with van der Waals surface area (Å²) in [4.78, 5) is 41.3. The van der Waals surface area contributed by atoms with Gasteiger partial charge < -0.3 is 18.5 Å². The number of rotatable bonds is 6. The van der Waals surface area contributed by atoms with Crippen LogP contribution in [-0.4, -0.2) is 45.8 Å². The van der Waals surface area contributed by atoms with E-state index in [0.29, 0.717) is 41.4 Å². The van der Waals surface area contributed by atoms with Gasteiger partial charge in [0.1, 0.15) is 18.1 Å². The summed E-state index contributed by atoms with van der Waals surface area (Å²) >= 11 is 0. The third kappa shape index (κ3) is 4.82. The van der Waals surface area contributed by atoms with Crippen molar-refractivity contribution in [3.63, 3.8) is 0 Å². The minimum Gasteiger partial charge on any atom is -0.458 e. The van der Waals surface area contributed by atoms with Crippen LogP contribution in [0.5, 0.6) is 0 Å². The first-order valence-corrected chi connectivity index (χ1v) is 12.7. The van der Waals surface area contributed by atoms with Gasteiger partial charge in [0.15, 0.2) is 18.6 Å². The standard InChI is InChI=1S/C26H23N4O7.C2H6/c1-30(2,12-17-7-8-22(37-17)29(33)34)14-36-24-18-10-21-23-16(9-15-5-3-4-6-20(15)27-23)11-28(21)25(31)19(18)13-35-26(24)32;1-2/h3-10,24H,11-14H2,1-2H3;1-2H3/q+1;. The van der Waals surface area contributed by atoms with Gasteiger partial charge in [0, 0.05) is 16.5 Å². The molecule has 4 aromatic rings. The number of nitrogens with zero attached hydrogens (tertiary/aromatic N) is 4. The quantitative estimate of drug-likeness (QED) is 0.104. The van der Waals surface area contributed by atoms with E-state index >= 15 is 0 Å². The summed E-state index contributed by atoms with van der Waals surface area (Å²) in [6, 6.07) is 14.5. The third-order valence-corrected chi connectivity index (χ3v) is 6.67. The van der Waals surface area contributed by atoms with Crippen LogP contribution in [0, 0.1) is 10.1 Å². The maximum atomic E-state index is 13.4. The summed E-state index contributed by atoms with van der Waals surface area (Å²) in [5.41, 5.74) is 3.75. The summed E-state index contributed by atoms with van der Waals surface area (Å²) in [5.74, 6) is -0.496. The Balaban J connectivity index is 0.00000151. The van der Waals surface area contributed by atoms with Crippen molar-refractivity contribution < 1.29 is 28.1 Å². The fraction of sp³-hybridized carbons (Fsp3) is 0.321. The van der Waals surface area contributed by atoms with E-state index in [1.807, 2.05) is 64.3 Å². The summed E-state index contributed by atoms with van der Waals surface area (Å²) in [6.45, 7) is 4.63. The second-order valence-corrected chi connectivity index (χ2v) is 9.92. The molecule has 0 saturated carbocycles. The molecule has 0 spiro atoms. The number of cyclic esters (lactones) is 1. The zero-order chi connectivity index (χ0) is 27.9. The molecule has 6 rings (SSSR count). The molecular weight excluding hydrogens is 504 g/mol. The first kappa shape index (κ1) is 26.3. The molecule has 0 amide bonds. The van der Waals surface area contributed by atoms with Gasteiger partial charge >= 0.3 is 11.9 Å². The molecule has 39 heavy (non-hydrogen) atoms. The lowest BCUT2D eigenvalue weighted by Crippen LogP contribution is -2.43. The molecule has 0 fully saturated rings. The number of ether oxygens (including phenoxy) is 2. The molecule has 0 aliphatic carbocycles. The highest BCUT2D eigenvalue weighted by Crippen LogP contribution is 2.36. The van der Waals surface area contributed by atoms with Crippen LogP contribution in [0.15, 0.2) is 57.7 Å².